The van der Waals surface area contributed by atoms with Crippen LogP contribution < -0.4 is 5.32 Å². The Hall–Kier alpha value is -2.31. The monoisotopic (exact) mass is 270 g/mol. The van der Waals surface area contributed by atoms with Gasteiger partial charge >= 0.3 is 0 Å². The van der Waals surface area contributed by atoms with Gasteiger partial charge in [0, 0.05) is 10.7 Å². The summed E-state index contributed by atoms with van der Waals surface area (Å²) in [6.07, 6.45) is 0.222. The maximum Gasteiger partial charge on any atom is 0.228 e. The SMILES string of the molecule is N#Cc1ccc(NC(=O)Cc2ccccc2Cl)cc1. The van der Waals surface area contributed by atoms with Crippen molar-refractivity contribution in [1.82, 2.24) is 0 Å². The first-order valence-electron chi connectivity index (χ1n) is 5.72. The second-order valence-electron chi connectivity index (χ2n) is 4.01. The highest BCUT2D eigenvalue weighted by molar-refractivity contribution is 6.31. The third-order valence-corrected chi connectivity index (χ3v) is 2.98. The second-order valence-corrected chi connectivity index (χ2v) is 4.41. The van der Waals surface area contributed by atoms with Crippen molar-refractivity contribution in [3.63, 3.8) is 0 Å². The third kappa shape index (κ3) is 3.57. The van der Waals surface area contributed by atoms with Crippen LogP contribution in [-0.2, 0) is 11.2 Å². The number of hydrogen-bond donors (Lipinski definition) is 1. The van der Waals surface area contributed by atoms with E-state index in [1.807, 2.05) is 24.3 Å². The summed E-state index contributed by atoms with van der Waals surface area (Å²) in [4.78, 5) is 11.9. The molecule has 1 N–H and O–H groups in total. The number of rotatable bonds is 3. The number of anilines is 1. The largest absolute Gasteiger partial charge is 0.326 e. The molecule has 0 atom stereocenters. The Morgan fingerprint density at radius 1 is 1.16 bits per heavy atom. The molecule has 0 aromatic heterocycles. The minimum absolute atomic E-state index is 0.141. The number of carbonyl (C=O) groups excluding carboxylic acids is 1. The van der Waals surface area contributed by atoms with Gasteiger partial charge in [-0.1, -0.05) is 29.8 Å². The number of hydrogen-bond acceptors (Lipinski definition) is 2. The van der Waals surface area contributed by atoms with Gasteiger partial charge in [-0.15, -0.1) is 0 Å². The van der Waals surface area contributed by atoms with Gasteiger partial charge in [0.25, 0.3) is 0 Å². The van der Waals surface area contributed by atoms with Gasteiger partial charge in [-0.3, -0.25) is 4.79 Å². The summed E-state index contributed by atoms with van der Waals surface area (Å²) in [6.45, 7) is 0. The van der Waals surface area contributed by atoms with Gasteiger partial charge in [-0.2, -0.15) is 5.26 Å². The summed E-state index contributed by atoms with van der Waals surface area (Å²) in [7, 11) is 0. The predicted molar refractivity (Wildman–Crippen MR) is 74.9 cm³/mol. The fourth-order valence-corrected chi connectivity index (χ4v) is 1.85. The van der Waals surface area contributed by atoms with E-state index in [2.05, 4.69) is 5.32 Å². The number of amides is 1. The molecule has 0 aliphatic carbocycles. The molecule has 19 heavy (non-hydrogen) atoms. The van der Waals surface area contributed by atoms with Crippen molar-refractivity contribution >= 4 is 23.2 Å². The lowest BCUT2D eigenvalue weighted by Crippen LogP contribution is -2.14. The van der Waals surface area contributed by atoms with Crippen LogP contribution in [0.3, 0.4) is 0 Å². The number of nitrogens with one attached hydrogen (secondary N) is 1. The van der Waals surface area contributed by atoms with Gasteiger partial charge in [-0.25, -0.2) is 0 Å². The van der Waals surface area contributed by atoms with E-state index in [1.165, 1.54) is 0 Å². The van der Waals surface area contributed by atoms with Crippen molar-refractivity contribution < 1.29 is 4.79 Å². The molecule has 0 unspecified atom stereocenters. The van der Waals surface area contributed by atoms with E-state index in [0.717, 1.165) is 5.56 Å². The van der Waals surface area contributed by atoms with Gasteiger partial charge in [-0.05, 0) is 35.9 Å². The van der Waals surface area contributed by atoms with Crippen LogP contribution in [0.2, 0.25) is 5.02 Å². The Labute approximate surface area is 116 Å². The Bertz CT molecular complexity index is 629. The summed E-state index contributed by atoms with van der Waals surface area (Å²) in [6, 6.07) is 16.0. The average Bonchev–Trinajstić information content (AvgIpc) is 2.42. The summed E-state index contributed by atoms with van der Waals surface area (Å²) in [5, 5.41) is 12.0. The fraction of sp³-hybridized carbons (Fsp3) is 0.0667. The van der Waals surface area contributed by atoms with E-state index in [1.54, 1.807) is 30.3 Å². The average molecular weight is 271 g/mol. The van der Waals surface area contributed by atoms with E-state index in [4.69, 9.17) is 16.9 Å². The van der Waals surface area contributed by atoms with Gasteiger partial charge in [0.15, 0.2) is 0 Å². The number of halogens is 1. The molecule has 0 spiro atoms. The highest BCUT2D eigenvalue weighted by atomic mass is 35.5. The molecule has 0 aliphatic heterocycles. The fourth-order valence-electron chi connectivity index (χ4n) is 1.65. The van der Waals surface area contributed by atoms with E-state index in [9.17, 15) is 4.79 Å². The lowest BCUT2D eigenvalue weighted by molar-refractivity contribution is -0.115. The van der Waals surface area contributed by atoms with Crippen molar-refractivity contribution in [2.24, 2.45) is 0 Å². The van der Waals surface area contributed by atoms with Crippen molar-refractivity contribution in [2.45, 2.75) is 6.42 Å². The second kappa shape index (κ2) is 6.03. The van der Waals surface area contributed by atoms with Crippen LogP contribution in [0.1, 0.15) is 11.1 Å². The Morgan fingerprint density at radius 2 is 1.84 bits per heavy atom. The summed E-state index contributed by atoms with van der Waals surface area (Å²) in [5.74, 6) is -0.141. The molecule has 2 rings (SSSR count). The number of nitriles is 1. The number of benzene rings is 2. The topological polar surface area (TPSA) is 52.9 Å². The molecule has 3 nitrogen and oxygen atoms in total. The Kier molecular flexibility index (Phi) is 4.17. The van der Waals surface area contributed by atoms with Crippen molar-refractivity contribution in [3.05, 3.63) is 64.7 Å². The van der Waals surface area contributed by atoms with Gasteiger partial charge in [0.05, 0.1) is 18.1 Å². The summed E-state index contributed by atoms with van der Waals surface area (Å²) < 4.78 is 0. The zero-order valence-electron chi connectivity index (χ0n) is 10.1. The lowest BCUT2D eigenvalue weighted by atomic mass is 10.1. The highest BCUT2D eigenvalue weighted by Gasteiger charge is 2.06. The molecule has 2 aromatic rings. The lowest BCUT2D eigenvalue weighted by Gasteiger charge is -2.06. The highest BCUT2D eigenvalue weighted by Crippen LogP contribution is 2.16. The Morgan fingerprint density at radius 3 is 2.47 bits per heavy atom. The summed E-state index contributed by atoms with van der Waals surface area (Å²) in [5.41, 5.74) is 2.01. The first-order valence-corrected chi connectivity index (χ1v) is 6.10. The smallest absolute Gasteiger partial charge is 0.228 e. The zero-order valence-corrected chi connectivity index (χ0v) is 10.8. The first kappa shape index (κ1) is 13.1. The predicted octanol–water partition coefficient (Wildman–Crippen LogP) is 3.39. The molecular weight excluding hydrogens is 260 g/mol. The van der Waals surface area contributed by atoms with E-state index in [-0.39, 0.29) is 12.3 Å². The zero-order chi connectivity index (χ0) is 13.7. The molecule has 2 aromatic carbocycles. The van der Waals surface area contributed by atoms with Crippen molar-refractivity contribution in [2.75, 3.05) is 5.32 Å². The van der Waals surface area contributed by atoms with Crippen LogP contribution in [0.4, 0.5) is 5.69 Å². The minimum Gasteiger partial charge on any atom is -0.326 e. The number of carbonyl (C=O) groups is 1. The van der Waals surface area contributed by atoms with Crippen LogP contribution in [0, 0.1) is 11.3 Å². The molecule has 1 amide bonds. The molecule has 0 aliphatic rings. The maximum atomic E-state index is 11.9. The molecule has 0 heterocycles. The molecular formula is C15H11ClN2O. The van der Waals surface area contributed by atoms with E-state index >= 15 is 0 Å². The van der Waals surface area contributed by atoms with Crippen LogP contribution in [0.15, 0.2) is 48.5 Å². The Balaban J connectivity index is 2.01. The minimum atomic E-state index is -0.141. The molecule has 0 fully saturated rings. The van der Waals surface area contributed by atoms with E-state index < -0.39 is 0 Å². The molecule has 0 saturated heterocycles. The van der Waals surface area contributed by atoms with Crippen LogP contribution in [0.25, 0.3) is 0 Å². The van der Waals surface area contributed by atoms with Crippen molar-refractivity contribution in [3.8, 4) is 6.07 Å². The van der Waals surface area contributed by atoms with Gasteiger partial charge in [0.1, 0.15) is 0 Å². The van der Waals surface area contributed by atoms with Crippen LogP contribution >= 0.6 is 11.6 Å². The van der Waals surface area contributed by atoms with Gasteiger partial charge in [0.2, 0.25) is 5.91 Å². The maximum absolute atomic E-state index is 11.9. The number of nitrogens with zero attached hydrogens (tertiary/aromatic N) is 1. The molecule has 4 heteroatoms. The first-order chi connectivity index (χ1) is 9.19. The normalized spacial score (nSPS) is 9.68. The van der Waals surface area contributed by atoms with E-state index in [0.29, 0.717) is 16.3 Å². The molecule has 94 valence electrons. The standard InChI is InChI=1S/C15H11ClN2O/c16-14-4-2-1-3-12(14)9-15(19)18-13-7-5-11(10-17)6-8-13/h1-8H,9H2,(H,18,19). The quantitative estimate of drug-likeness (QED) is 0.929. The molecule has 0 bridgehead atoms. The van der Waals surface area contributed by atoms with Crippen LogP contribution in [-0.4, -0.2) is 5.91 Å². The third-order valence-electron chi connectivity index (χ3n) is 2.61. The summed E-state index contributed by atoms with van der Waals surface area (Å²) >= 11 is 5.99. The van der Waals surface area contributed by atoms with Crippen LogP contribution in [0.5, 0.6) is 0 Å². The van der Waals surface area contributed by atoms with Crippen molar-refractivity contribution in [1.29, 1.82) is 5.26 Å². The molecule has 0 radical (unpaired) electrons. The molecule has 0 saturated carbocycles. The van der Waals surface area contributed by atoms with Gasteiger partial charge < -0.3 is 5.32 Å².